The van der Waals surface area contributed by atoms with Gasteiger partial charge in [-0.05, 0) is 42.0 Å². The summed E-state index contributed by atoms with van der Waals surface area (Å²) in [4.78, 5) is 17.8. The first-order chi connectivity index (χ1) is 13.8. The van der Waals surface area contributed by atoms with Crippen molar-refractivity contribution in [1.82, 2.24) is 20.1 Å². The maximum Gasteiger partial charge on any atom is 0.287 e. The number of aromatic nitrogens is 3. The number of rotatable bonds is 7. The monoisotopic (exact) mass is 390 g/mol. The lowest BCUT2D eigenvalue weighted by molar-refractivity contribution is 0.0921. The summed E-state index contributed by atoms with van der Waals surface area (Å²) in [5.74, 6) is 2.24. The summed E-state index contributed by atoms with van der Waals surface area (Å²) in [6, 6.07) is 19.2. The molecule has 3 heterocycles. The highest BCUT2D eigenvalue weighted by Gasteiger charge is 2.11. The smallest absolute Gasteiger partial charge is 0.287 e. The van der Waals surface area contributed by atoms with Gasteiger partial charge in [0.25, 0.3) is 5.91 Å². The molecule has 0 unspecified atom stereocenters. The number of pyridine rings is 1. The topological polar surface area (TPSA) is 73.0 Å². The second-order valence-electron chi connectivity index (χ2n) is 6.03. The molecule has 0 saturated carbocycles. The molecule has 0 atom stereocenters. The summed E-state index contributed by atoms with van der Waals surface area (Å²) < 4.78 is 7.34. The van der Waals surface area contributed by atoms with Crippen LogP contribution in [0, 0.1) is 0 Å². The third kappa shape index (κ3) is 4.50. The summed E-state index contributed by atoms with van der Waals surface area (Å²) in [5, 5.41) is 6.99. The molecule has 1 N–H and O–H groups in total. The van der Waals surface area contributed by atoms with Crippen molar-refractivity contribution in [2.45, 2.75) is 17.2 Å². The van der Waals surface area contributed by atoms with E-state index in [4.69, 9.17) is 4.42 Å². The van der Waals surface area contributed by atoms with Gasteiger partial charge in [-0.25, -0.2) is 9.67 Å². The highest BCUT2D eigenvalue weighted by Crippen LogP contribution is 2.23. The van der Waals surface area contributed by atoms with Gasteiger partial charge in [0.15, 0.2) is 11.6 Å². The van der Waals surface area contributed by atoms with Crippen LogP contribution in [0.15, 0.2) is 88.6 Å². The zero-order chi connectivity index (χ0) is 19.2. The Balaban J connectivity index is 1.30. The van der Waals surface area contributed by atoms with Gasteiger partial charge in [-0.1, -0.05) is 24.3 Å². The molecule has 0 radical (unpaired) electrons. The van der Waals surface area contributed by atoms with Crippen LogP contribution in [0.3, 0.4) is 0 Å². The molecule has 0 aliphatic rings. The first kappa shape index (κ1) is 18.1. The van der Waals surface area contributed by atoms with Crippen molar-refractivity contribution < 1.29 is 9.21 Å². The average molecular weight is 390 g/mol. The van der Waals surface area contributed by atoms with Crippen LogP contribution in [0.1, 0.15) is 21.9 Å². The van der Waals surface area contributed by atoms with Crippen LogP contribution in [0.25, 0.3) is 5.82 Å². The SMILES string of the molecule is O=C(NCc1ccc(-n2cccn2)nc1)c1ccc(CSc2ccccc2)o1. The number of thioether (sulfide) groups is 1. The molecular formula is C21H18N4O2S. The van der Waals surface area contributed by atoms with Crippen molar-refractivity contribution >= 4 is 17.7 Å². The van der Waals surface area contributed by atoms with Gasteiger partial charge in [0.2, 0.25) is 0 Å². The van der Waals surface area contributed by atoms with Crippen molar-refractivity contribution in [3.8, 4) is 5.82 Å². The molecular weight excluding hydrogens is 372 g/mol. The quantitative estimate of drug-likeness (QED) is 0.481. The molecule has 0 saturated heterocycles. The fourth-order valence-electron chi connectivity index (χ4n) is 2.58. The van der Waals surface area contributed by atoms with E-state index >= 15 is 0 Å². The Bertz CT molecular complexity index is 1030. The first-order valence-corrected chi connectivity index (χ1v) is 9.76. The Hall–Kier alpha value is -3.32. The van der Waals surface area contributed by atoms with Crippen molar-refractivity contribution in [2.75, 3.05) is 0 Å². The van der Waals surface area contributed by atoms with E-state index in [1.807, 2.05) is 60.8 Å². The molecule has 1 aromatic carbocycles. The van der Waals surface area contributed by atoms with Gasteiger partial charge < -0.3 is 9.73 Å². The lowest BCUT2D eigenvalue weighted by atomic mass is 10.2. The maximum atomic E-state index is 12.3. The van der Waals surface area contributed by atoms with Crippen LogP contribution in [0.5, 0.6) is 0 Å². The molecule has 0 spiro atoms. The molecule has 3 aromatic heterocycles. The van der Waals surface area contributed by atoms with E-state index in [0.29, 0.717) is 18.1 Å². The first-order valence-electron chi connectivity index (χ1n) is 8.78. The van der Waals surface area contributed by atoms with E-state index in [-0.39, 0.29) is 5.91 Å². The minimum atomic E-state index is -0.243. The minimum Gasteiger partial charge on any atom is -0.455 e. The summed E-state index contributed by atoms with van der Waals surface area (Å²) in [5.41, 5.74) is 0.899. The Morgan fingerprint density at radius 2 is 1.96 bits per heavy atom. The zero-order valence-corrected chi connectivity index (χ0v) is 15.8. The van der Waals surface area contributed by atoms with E-state index < -0.39 is 0 Å². The van der Waals surface area contributed by atoms with Gasteiger partial charge in [-0.3, -0.25) is 4.79 Å². The molecule has 0 aliphatic heterocycles. The van der Waals surface area contributed by atoms with Gasteiger partial charge in [0.1, 0.15) is 5.76 Å². The van der Waals surface area contributed by atoms with E-state index in [1.54, 1.807) is 34.9 Å². The zero-order valence-electron chi connectivity index (χ0n) is 15.0. The number of nitrogens with one attached hydrogen (secondary N) is 1. The minimum absolute atomic E-state index is 0.243. The van der Waals surface area contributed by atoms with E-state index in [0.717, 1.165) is 22.0 Å². The van der Waals surface area contributed by atoms with Crippen LogP contribution in [-0.2, 0) is 12.3 Å². The predicted molar refractivity (Wildman–Crippen MR) is 107 cm³/mol. The Kier molecular flexibility index (Phi) is 5.53. The summed E-state index contributed by atoms with van der Waals surface area (Å²) in [6.45, 7) is 0.375. The number of carbonyl (C=O) groups is 1. The summed E-state index contributed by atoms with van der Waals surface area (Å²) >= 11 is 1.67. The molecule has 28 heavy (non-hydrogen) atoms. The number of carbonyl (C=O) groups excluding carboxylic acids is 1. The lowest BCUT2D eigenvalue weighted by Gasteiger charge is -2.05. The molecule has 4 rings (SSSR count). The van der Waals surface area contributed by atoms with Gasteiger partial charge >= 0.3 is 0 Å². The fraction of sp³-hybridized carbons (Fsp3) is 0.0952. The second-order valence-corrected chi connectivity index (χ2v) is 7.07. The fourth-order valence-corrected chi connectivity index (χ4v) is 3.39. The van der Waals surface area contributed by atoms with Gasteiger partial charge in [-0.15, -0.1) is 11.8 Å². The van der Waals surface area contributed by atoms with Gasteiger partial charge in [0, 0.05) is 30.0 Å². The molecule has 4 aromatic rings. The second kappa shape index (κ2) is 8.58. The molecule has 7 heteroatoms. The van der Waals surface area contributed by atoms with E-state index in [2.05, 4.69) is 15.4 Å². The third-order valence-electron chi connectivity index (χ3n) is 4.01. The third-order valence-corrected chi connectivity index (χ3v) is 5.05. The van der Waals surface area contributed by atoms with Crippen molar-refractivity contribution in [3.05, 3.63) is 96.3 Å². The van der Waals surface area contributed by atoms with Crippen molar-refractivity contribution in [3.63, 3.8) is 0 Å². The Morgan fingerprint density at radius 1 is 1.07 bits per heavy atom. The number of furan rings is 1. The van der Waals surface area contributed by atoms with Crippen LogP contribution in [0.4, 0.5) is 0 Å². The van der Waals surface area contributed by atoms with Crippen LogP contribution >= 0.6 is 11.8 Å². The molecule has 0 bridgehead atoms. The number of amides is 1. The molecule has 0 aliphatic carbocycles. The average Bonchev–Trinajstić information content (AvgIpc) is 3.44. The van der Waals surface area contributed by atoms with Gasteiger partial charge in [-0.2, -0.15) is 5.10 Å². The van der Waals surface area contributed by atoms with Crippen molar-refractivity contribution in [1.29, 1.82) is 0 Å². The standard InChI is InChI=1S/C21H18N4O2S/c26-21(19-9-8-17(27-19)15-28-18-5-2-1-3-6-18)23-14-16-7-10-20(22-13-16)25-12-4-11-24-25/h1-13H,14-15H2,(H,23,26). The van der Waals surface area contributed by atoms with E-state index in [9.17, 15) is 4.79 Å². The number of hydrogen-bond acceptors (Lipinski definition) is 5. The normalized spacial score (nSPS) is 10.7. The Labute approximate surface area is 166 Å². The molecule has 140 valence electrons. The highest BCUT2D eigenvalue weighted by molar-refractivity contribution is 7.98. The molecule has 6 nitrogen and oxygen atoms in total. The Morgan fingerprint density at radius 3 is 2.71 bits per heavy atom. The molecule has 0 fully saturated rings. The van der Waals surface area contributed by atoms with Crippen LogP contribution in [-0.4, -0.2) is 20.7 Å². The summed E-state index contributed by atoms with van der Waals surface area (Å²) in [7, 11) is 0. The number of benzene rings is 1. The lowest BCUT2D eigenvalue weighted by Crippen LogP contribution is -2.22. The maximum absolute atomic E-state index is 12.3. The molecule has 1 amide bonds. The van der Waals surface area contributed by atoms with Gasteiger partial charge in [0.05, 0.1) is 5.75 Å². The van der Waals surface area contributed by atoms with E-state index in [1.165, 1.54) is 0 Å². The highest BCUT2D eigenvalue weighted by atomic mass is 32.2. The largest absolute Gasteiger partial charge is 0.455 e. The van der Waals surface area contributed by atoms with Crippen LogP contribution in [0.2, 0.25) is 0 Å². The number of hydrogen-bond donors (Lipinski definition) is 1. The predicted octanol–water partition coefficient (Wildman–Crippen LogP) is 4.08. The van der Waals surface area contributed by atoms with Crippen LogP contribution < -0.4 is 5.32 Å². The summed E-state index contributed by atoms with van der Waals surface area (Å²) in [6.07, 6.45) is 5.25. The van der Waals surface area contributed by atoms with Crippen molar-refractivity contribution in [2.24, 2.45) is 0 Å². The number of nitrogens with zero attached hydrogens (tertiary/aromatic N) is 3.